The third-order valence-electron chi connectivity index (χ3n) is 4.76. The normalized spacial score (nSPS) is 11.4. The fraction of sp³-hybridized carbons (Fsp3) is 0.286. The van der Waals surface area contributed by atoms with Crippen molar-refractivity contribution in [2.75, 3.05) is 6.54 Å². The minimum absolute atomic E-state index is 0.0701. The molecule has 1 aromatic carbocycles. The Hall–Kier alpha value is -2.93. The van der Waals surface area contributed by atoms with E-state index in [4.69, 9.17) is 0 Å². The van der Waals surface area contributed by atoms with Crippen LogP contribution in [0.2, 0.25) is 0 Å². The van der Waals surface area contributed by atoms with Crippen LogP contribution < -0.4 is 10.9 Å². The van der Waals surface area contributed by atoms with Gasteiger partial charge in [0.25, 0.3) is 5.56 Å². The zero-order valence-electron chi connectivity index (χ0n) is 15.9. The molecule has 0 unspecified atom stereocenters. The Morgan fingerprint density at radius 1 is 1.14 bits per heavy atom. The lowest BCUT2D eigenvalue weighted by atomic mass is 10.1. The highest BCUT2D eigenvalue weighted by Crippen LogP contribution is 2.27. The molecule has 1 N–H and O–H groups in total. The fourth-order valence-electron chi connectivity index (χ4n) is 3.48. The van der Waals surface area contributed by atoms with Crippen LogP contribution >= 0.6 is 11.3 Å². The molecule has 0 aliphatic rings. The van der Waals surface area contributed by atoms with E-state index >= 15 is 0 Å². The van der Waals surface area contributed by atoms with Crippen LogP contribution in [0.3, 0.4) is 0 Å². The van der Waals surface area contributed by atoms with Crippen molar-refractivity contribution < 1.29 is 4.79 Å². The van der Waals surface area contributed by atoms with Crippen LogP contribution in [-0.2, 0) is 17.8 Å². The average molecular weight is 394 g/mol. The van der Waals surface area contributed by atoms with E-state index in [2.05, 4.69) is 28.6 Å². The minimum Gasteiger partial charge on any atom is -0.354 e. The predicted octanol–water partition coefficient (Wildman–Crippen LogP) is 3.08. The summed E-state index contributed by atoms with van der Waals surface area (Å²) < 4.78 is 4.19. The number of benzene rings is 1. The van der Waals surface area contributed by atoms with Crippen LogP contribution in [0.25, 0.3) is 15.7 Å². The van der Waals surface area contributed by atoms with E-state index in [0.717, 1.165) is 23.1 Å². The minimum atomic E-state index is -0.244. The summed E-state index contributed by atoms with van der Waals surface area (Å²) >= 11 is 1.65. The van der Waals surface area contributed by atoms with Gasteiger partial charge in [-0.1, -0.05) is 30.3 Å². The van der Waals surface area contributed by atoms with Gasteiger partial charge >= 0.3 is 0 Å². The number of fused-ring (bicyclic) bond motifs is 3. The molecule has 3 aromatic heterocycles. The molecular formula is C21H22N4O2S. The first-order valence-corrected chi connectivity index (χ1v) is 10.1. The number of thiophene rings is 1. The second-order valence-corrected chi connectivity index (χ2v) is 8.21. The SMILES string of the molecule is Cc1cc2c(cc3c(=O)n(CC(=O)NCCCc4ccccc4)nc(C)n32)s1. The van der Waals surface area contributed by atoms with Gasteiger partial charge in [-0.05, 0) is 44.4 Å². The van der Waals surface area contributed by atoms with Gasteiger partial charge in [0.05, 0.1) is 10.2 Å². The summed E-state index contributed by atoms with van der Waals surface area (Å²) in [7, 11) is 0. The molecule has 4 rings (SSSR count). The van der Waals surface area contributed by atoms with Crippen molar-refractivity contribution in [1.29, 1.82) is 0 Å². The predicted molar refractivity (Wildman–Crippen MR) is 112 cm³/mol. The molecule has 0 fully saturated rings. The first kappa shape index (κ1) is 18.4. The van der Waals surface area contributed by atoms with Gasteiger partial charge < -0.3 is 5.32 Å². The van der Waals surface area contributed by atoms with Crippen molar-refractivity contribution in [1.82, 2.24) is 19.5 Å². The Labute approximate surface area is 166 Å². The van der Waals surface area contributed by atoms with Crippen molar-refractivity contribution in [2.45, 2.75) is 33.2 Å². The summed E-state index contributed by atoms with van der Waals surface area (Å²) in [4.78, 5) is 26.3. The monoisotopic (exact) mass is 394 g/mol. The summed E-state index contributed by atoms with van der Waals surface area (Å²) in [5.74, 6) is 0.495. The number of nitrogens with zero attached hydrogens (tertiary/aromatic N) is 3. The summed E-state index contributed by atoms with van der Waals surface area (Å²) in [6, 6.07) is 14.1. The highest BCUT2D eigenvalue weighted by Gasteiger charge is 2.15. The number of aryl methyl sites for hydroxylation is 3. The van der Waals surface area contributed by atoms with Gasteiger partial charge in [0.15, 0.2) is 0 Å². The second-order valence-electron chi connectivity index (χ2n) is 6.92. The lowest BCUT2D eigenvalue weighted by Crippen LogP contribution is -2.35. The van der Waals surface area contributed by atoms with E-state index in [1.54, 1.807) is 11.3 Å². The van der Waals surface area contributed by atoms with E-state index in [1.807, 2.05) is 42.5 Å². The molecule has 0 aliphatic heterocycles. The van der Waals surface area contributed by atoms with Crippen LogP contribution in [0, 0.1) is 13.8 Å². The topological polar surface area (TPSA) is 68.4 Å². The number of hydrogen-bond acceptors (Lipinski definition) is 4. The zero-order chi connectivity index (χ0) is 19.7. The molecule has 28 heavy (non-hydrogen) atoms. The van der Waals surface area contributed by atoms with Crippen LogP contribution in [0.15, 0.2) is 47.3 Å². The summed E-state index contributed by atoms with van der Waals surface area (Å²) in [5.41, 5.74) is 2.56. The van der Waals surface area contributed by atoms with Crippen molar-refractivity contribution in [3.63, 3.8) is 0 Å². The molecule has 3 heterocycles. The number of nitrogens with one attached hydrogen (secondary N) is 1. The highest BCUT2D eigenvalue weighted by molar-refractivity contribution is 7.19. The molecule has 4 aromatic rings. The maximum absolute atomic E-state index is 12.8. The molecule has 7 heteroatoms. The van der Waals surface area contributed by atoms with Gasteiger partial charge in [0.2, 0.25) is 5.91 Å². The van der Waals surface area contributed by atoms with Crippen LogP contribution in [0.4, 0.5) is 0 Å². The van der Waals surface area contributed by atoms with Crippen LogP contribution in [-0.4, -0.2) is 26.6 Å². The van der Waals surface area contributed by atoms with Gasteiger partial charge in [-0.25, -0.2) is 4.68 Å². The number of hydrogen-bond donors (Lipinski definition) is 1. The van der Waals surface area contributed by atoms with Crippen molar-refractivity contribution in [3.8, 4) is 0 Å². The maximum atomic E-state index is 12.8. The molecule has 0 aliphatic carbocycles. The Morgan fingerprint density at radius 2 is 1.93 bits per heavy atom. The number of aromatic nitrogens is 3. The lowest BCUT2D eigenvalue weighted by molar-refractivity contribution is -0.121. The average Bonchev–Trinajstić information content (AvgIpc) is 3.20. The maximum Gasteiger partial charge on any atom is 0.291 e. The van der Waals surface area contributed by atoms with Crippen molar-refractivity contribution >= 4 is 33.0 Å². The Morgan fingerprint density at radius 3 is 2.71 bits per heavy atom. The quantitative estimate of drug-likeness (QED) is 0.511. The molecule has 0 saturated carbocycles. The first-order chi connectivity index (χ1) is 13.5. The fourth-order valence-corrected chi connectivity index (χ4v) is 4.43. The highest BCUT2D eigenvalue weighted by atomic mass is 32.1. The third kappa shape index (κ3) is 3.57. The molecule has 0 radical (unpaired) electrons. The van der Waals surface area contributed by atoms with Gasteiger partial charge in [-0.3, -0.25) is 14.0 Å². The van der Waals surface area contributed by atoms with Crippen LogP contribution in [0.5, 0.6) is 0 Å². The van der Waals surface area contributed by atoms with E-state index in [1.165, 1.54) is 15.1 Å². The largest absolute Gasteiger partial charge is 0.354 e. The third-order valence-corrected chi connectivity index (χ3v) is 5.74. The molecule has 0 atom stereocenters. The summed E-state index contributed by atoms with van der Waals surface area (Å²) in [6.07, 6.45) is 1.76. The van der Waals surface area contributed by atoms with Gasteiger partial charge in [0.1, 0.15) is 17.9 Å². The van der Waals surface area contributed by atoms with Gasteiger partial charge in [-0.2, -0.15) is 5.10 Å². The Kier molecular flexibility index (Phi) is 5.00. The van der Waals surface area contributed by atoms with E-state index in [-0.39, 0.29) is 18.0 Å². The number of carbonyl (C=O) groups excluding carboxylic acids is 1. The first-order valence-electron chi connectivity index (χ1n) is 9.33. The van der Waals surface area contributed by atoms with E-state index < -0.39 is 0 Å². The van der Waals surface area contributed by atoms with Gasteiger partial charge in [-0.15, -0.1) is 11.3 Å². The summed E-state index contributed by atoms with van der Waals surface area (Å²) in [6.45, 7) is 4.40. The van der Waals surface area contributed by atoms with E-state index in [0.29, 0.717) is 17.9 Å². The molecule has 144 valence electrons. The Bertz CT molecular complexity index is 1200. The number of carbonyl (C=O) groups is 1. The number of rotatable bonds is 6. The smallest absolute Gasteiger partial charge is 0.291 e. The molecular weight excluding hydrogens is 372 g/mol. The second kappa shape index (κ2) is 7.59. The molecule has 0 spiro atoms. The Balaban J connectivity index is 1.44. The molecule has 6 nitrogen and oxygen atoms in total. The molecule has 0 bridgehead atoms. The standard InChI is InChI=1S/C21H22N4O2S/c1-14-11-17-19(28-14)12-18-21(27)24(23-15(2)25(17)18)13-20(26)22-10-6-9-16-7-4-3-5-8-16/h3-5,7-8,11-12H,6,9-10,13H2,1-2H3,(H,22,26). The van der Waals surface area contributed by atoms with E-state index in [9.17, 15) is 9.59 Å². The van der Waals surface area contributed by atoms with Crippen molar-refractivity contribution in [2.24, 2.45) is 0 Å². The lowest BCUT2D eigenvalue weighted by Gasteiger charge is -2.09. The van der Waals surface area contributed by atoms with Crippen LogP contribution in [0.1, 0.15) is 22.7 Å². The number of amides is 1. The van der Waals surface area contributed by atoms with Gasteiger partial charge in [0, 0.05) is 11.4 Å². The molecule has 1 amide bonds. The zero-order valence-corrected chi connectivity index (χ0v) is 16.8. The molecule has 0 saturated heterocycles. The summed E-state index contributed by atoms with van der Waals surface area (Å²) in [5, 5.41) is 7.24. The van der Waals surface area contributed by atoms with Crippen molar-refractivity contribution in [3.05, 3.63) is 69.1 Å².